The number of carboxylic acid groups (broad SMARTS) is 1. The van der Waals surface area contributed by atoms with Gasteiger partial charge < -0.3 is 5.11 Å². The van der Waals surface area contributed by atoms with Crippen LogP contribution in [0.2, 0.25) is 0 Å². The van der Waals surface area contributed by atoms with Gasteiger partial charge in [0, 0.05) is 38.6 Å². The zero-order valence-electron chi connectivity index (χ0n) is 14.6. The molecule has 8 nitrogen and oxygen atoms in total. The molecule has 1 fully saturated rings. The second kappa shape index (κ2) is 8.07. The molecule has 1 saturated carbocycles. The van der Waals surface area contributed by atoms with Gasteiger partial charge in [0.1, 0.15) is 5.69 Å². The first-order valence-corrected chi connectivity index (χ1v) is 8.74. The smallest absolute Gasteiger partial charge is 0.475 e. The van der Waals surface area contributed by atoms with Crippen LogP contribution in [0.15, 0.2) is 18.5 Å². The van der Waals surface area contributed by atoms with Crippen LogP contribution in [-0.4, -0.2) is 60.0 Å². The zero-order valence-corrected chi connectivity index (χ0v) is 14.6. The van der Waals surface area contributed by atoms with Gasteiger partial charge in [-0.1, -0.05) is 5.21 Å². The number of carbonyl (C=O) groups is 1. The van der Waals surface area contributed by atoms with E-state index in [0.717, 1.165) is 31.2 Å². The summed E-state index contributed by atoms with van der Waals surface area (Å²) in [4.78, 5) is 11.5. The van der Waals surface area contributed by atoms with Crippen molar-refractivity contribution in [1.29, 1.82) is 0 Å². The van der Waals surface area contributed by atoms with Gasteiger partial charge in [0.05, 0.1) is 12.2 Å². The van der Waals surface area contributed by atoms with Crippen LogP contribution < -0.4 is 0 Å². The van der Waals surface area contributed by atoms with Gasteiger partial charge >= 0.3 is 12.1 Å². The number of hydrogen-bond donors (Lipinski definition) is 1. The SMILES string of the molecule is O=C(O)C(F)(F)F.c1cnn(Cc2nnn3c2CN(CC2CC2)CCC3)c1. The lowest BCUT2D eigenvalue weighted by Gasteiger charge is -2.19. The number of aliphatic carboxylic acids is 1. The Labute approximate surface area is 153 Å². The fourth-order valence-corrected chi connectivity index (χ4v) is 2.95. The monoisotopic (exact) mass is 386 g/mol. The van der Waals surface area contributed by atoms with Crippen LogP contribution in [0.5, 0.6) is 0 Å². The number of hydrogen-bond acceptors (Lipinski definition) is 5. The van der Waals surface area contributed by atoms with Gasteiger partial charge in [0.15, 0.2) is 0 Å². The minimum Gasteiger partial charge on any atom is -0.475 e. The summed E-state index contributed by atoms with van der Waals surface area (Å²) >= 11 is 0. The van der Waals surface area contributed by atoms with Crippen molar-refractivity contribution in [3.63, 3.8) is 0 Å². The molecule has 0 bridgehead atoms. The molecule has 2 aromatic heterocycles. The fourth-order valence-electron chi connectivity index (χ4n) is 2.95. The molecule has 11 heteroatoms. The van der Waals surface area contributed by atoms with Crippen molar-refractivity contribution in [3.8, 4) is 0 Å². The fraction of sp³-hybridized carbons (Fsp3) is 0.625. The van der Waals surface area contributed by atoms with Gasteiger partial charge in [-0.25, -0.2) is 9.48 Å². The highest BCUT2D eigenvalue weighted by Crippen LogP contribution is 2.30. The normalized spacial score (nSPS) is 17.6. The molecule has 1 aliphatic carbocycles. The van der Waals surface area contributed by atoms with Crippen molar-refractivity contribution in [2.45, 2.75) is 45.1 Å². The number of carboxylic acids is 1. The Hall–Kier alpha value is -2.43. The van der Waals surface area contributed by atoms with E-state index in [1.165, 1.54) is 38.0 Å². The van der Waals surface area contributed by atoms with E-state index in [-0.39, 0.29) is 0 Å². The second-order valence-corrected chi connectivity index (χ2v) is 6.74. The first kappa shape index (κ1) is 19.3. The summed E-state index contributed by atoms with van der Waals surface area (Å²) in [6, 6.07) is 1.95. The van der Waals surface area contributed by atoms with Crippen LogP contribution in [0.25, 0.3) is 0 Å². The van der Waals surface area contributed by atoms with Crippen LogP contribution >= 0.6 is 0 Å². The third kappa shape index (κ3) is 5.52. The summed E-state index contributed by atoms with van der Waals surface area (Å²) in [6.07, 6.45) is 2.69. The molecule has 2 aliphatic rings. The highest BCUT2D eigenvalue weighted by atomic mass is 19.4. The van der Waals surface area contributed by atoms with Gasteiger partial charge in [-0.3, -0.25) is 9.58 Å². The average molecular weight is 386 g/mol. The maximum Gasteiger partial charge on any atom is 0.490 e. The van der Waals surface area contributed by atoms with Crippen LogP contribution in [0.1, 0.15) is 30.7 Å². The zero-order chi connectivity index (χ0) is 19.4. The van der Waals surface area contributed by atoms with E-state index in [0.29, 0.717) is 0 Å². The number of nitrogens with zero attached hydrogens (tertiary/aromatic N) is 6. The maximum absolute atomic E-state index is 10.6. The maximum atomic E-state index is 10.6. The molecule has 0 atom stereocenters. The predicted molar refractivity (Wildman–Crippen MR) is 87.7 cm³/mol. The standard InChI is InChI=1S/C14H20N6.C2HF3O2/c1-5-15-19(7-1)10-13-14-11-18(9-12-3-4-12)6-2-8-20(14)17-16-13;3-2(4,5)1(6)7/h1,5,7,12H,2-4,6,8-11H2;(H,6,7). The molecule has 0 radical (unpaired) electrons. The summed E-state index contributed by atoms with van der Waals surface area (Å²) in [5, 5.41) is 20.1. The number of alkyl halides is 3. The Bertz CT molecular complexity index is 755. The number of aromatic nitrogens is 5. The van der Waals surface area contributed by atoms with E-state index in [9.17, 15) is 13.2 Å². The summed E-state index contributed by atoms with van der Waals surface area (Å²) < 4.78 is 35.7. The van der Waals surface area contributed by atoms with Crippen LogP contribution in [0.3, 0.4) is 0 Å². The van der Waals surface area contributed by atoms with Crippen molar-refractivity contribution in [1.82, 2.24) is 29.7 Å². The third-order valence-electron chi connectivity index (χ3n) is 4.46. The summed E-state index contributed by atoms with van der Waals surface area (Å²) in [7, 11) is 0. The molecule has 1 aliphatic heterocycles. The molecule has 0 amide bonds. The Morgan fingerprint density at radius 2 is 2.04 bits per heavy atom. The molecule has 27 heavy (non-hydrogen) atoms. The lowest BCUT2D eigenvalue weighted by molar-refractivity contribution is -0.192. The molecule has 0 unspecified atom stereocenters. The van der Waals surface area contributed by atoms with E-state index in [4.69, 9.17) is 9.90 Å². The quantitative estimate of drug-likeness (QED) is 0.862. The Kier molecular flexibility index (Phi) is 5.78. The Morgan fingerprint density at radius 1 is 1.30 bits per heavy atom. The van der Waals surface area contributed by atoms with Gasteiger partial charge in [0.25, 0.3) is 0 Å². The van der Waals surface area contributed by atoms with E-state index in [1.807, 2.05) is 23.1 Å². The van der Waals surface area contributed by atoms with Crippen molar-refractivity contribution in [2.75, 3.05) is 13.1 Å². The molecular weight excluding hydrogens is 365 g/mol. The Morgan fingerprint density at radius 3 is 2.63 bits per heavy atom. The molecule has 0 aromatic carbocycles. The van der Waals surface area contributed by atoms with Crippen LogP contribution in [-0.2, 0) is 24.4 Å². The molecule has 148 valence electrons. The van der Waals surface area contributed by atoms with E-state index < -0.39 is 12.1 Å². The molecule has 2 aromatic rings. The minimum absolute atomic E-state index is 0.722. The summed E-state index contributed by atoms with van der Waals surface area (Å²) in [5.41, 5.74) is 2.34. The van der Waals surface area contributed by atoms with Gasteiger partial charge in [0.2, 0.25) is 0 Å². The molecule has 4 rings (SSSR count). The second-order valence-electron chi connectivity index (χ2n) is 6.74. The van der Waals surface area contributed by atoms with Gasteiger partial charge in [-0.2, -0.15) is 18.3 Å². The number of aryl methyl sites for hydroxylation is 1. The molecule has 0 spiro atoms. The minimum atomic E-state index is -5.08. The highest BCUT2D eigenvalue weighted by molar-refractivity contribution is 5.73. The third-order valence-corrected chi connectivity index (χ3v) is 4.46. The van der Waals surface area contributed by atoms with Crippen molar-refractivity contribution >= 4 is 5.97 Å². The summed E-state index contributed by atoms with van der Waals surface area (Å²) in [6.45, 7) is 5.12. The largest absolute Gasteiger partial charge is 0.490 e. The highest BCUT2D eigenvalue weighted by Gasteiger charge is 2.38. The number of halogens is 3. The number of fused-ring (bicyclic) bond motifs is 1. The van der Waals surface area contributed by atoms with E-state index in [1.54, 1.807) is 0 Å². The molecular formula is C16H21F3N6O2. The predicted octanol–water partition coefficient (Wildman–Crippen LogP) is 1.77. The Balaban J connectivity index is 0.000000260. The van der Waals surface area contributed by atoms with Crippen molar-refractivity contribution < 1.29 is 23.1 Å². The van der Waals surface area contributed by atoms with Crippen LogP contribution in [0, 0.1) is 5.92 Å². The summed E-state index contributed by atoms with van der Waals surface area (Å²) in [5.74, 6) is -1.82. The van der Waals surface area contributed by atoms with E-state index in [2.05, 4.69) is 25.0 Å². The van der Waals surface area contributed by atoms with Crippen molar-refractivity contribution in [2.24, 2.45) is 5.92 Å². The van der Waals surface area contributed by atoms with Gasteiger partial charge in [-0.15, -0.1) is 5.10 Å². The number of rotatable bonds is 4. The first-order chi connectivity index (χ1) is 12.8. The van der Waals surface area contributed by atoms with Crippen molar-refractivity contribution in [3.05, 3.63) is 29.8 Å². The van der Waals surface area contributed by atoms with Crippen LogP contribution in [0.4, 0.5) is 13.2 Å². The van der Waals surface area contributed by atoms with Gasteiger partial charge in [-0.05, 0) is 31.2 Å². The molecule has 3 heterocycles. The lowest BCUT2D eigenvalue weighted by Crippen LogP contribution is -2.26. The first-order valence-electron chi connectivity index (χ1n) is 8.74. The topological polar surface area (TPSA) is 89.1 Å². The van der Waals surface area contributed by atoms with E-state index >= 15 is 0 Å². The molecule has 1 N–H and O–H groups in total. The lowest BCUT2D eigenvalue weighted by atomic mass is 10.2. The average Bonchev–Trinajstić information content (AvgIpc) is 3.19. The molecule has 0 saturated heterocycles.